The SMILES string of the molecule is c1ccc(-c2cc(-c3ccccc3)cc(-n3c4ccccc4c4cc(-c5ccc6c(c5)c5ccccc5n6-c5ccccc5)ccc43)c2)cc1.c1ccc(-n2c3ccccc3c3cc(-c4ccc5c6ccccc6n(-c6ccccc6)c5c4)ccc32)cc1.c1ccc2cc(-n3c4ccccc4c4cc(-c5ccc6c(c5)c5ccccc5n6-c5cccc6ccccc56)ccc43)ccc2c1. The molecule has 0 saturated heterocycles. The summed E-state index contributed by atoms with van der Waals surface area (Å²) in [7, 11) is 0. The first kappa shape index (κ1) is 77.3. The summed E-state index contributed by atoms with van der Waals surface area (Å²) < 4.78 is 14.4. The van der Waals surface area contributed by atoms with Gasteiger partial charge in [-0.3, -0.25) is 0 Å². The van der Waals surface area contributed by atoms with E-state index in [4.69, 9.17) is 0 Å². The molecule has 0 fully saturated rings. The van der Waals surface area contributed by atoms with Crippen molar-refractivity contribution in [2.24, 2.45) is 0 Å². The topological polar surface area (TPSA) is 29.6 Å². The quantitative estimate of drug-likeness (QED) is 0.124. The zero-order valence-corrected chi connectivity index (χ0v) is 73.2. The maximum Gasteiger partial charge on any atom is 0.0547 e. The summed E-state index contributed by atoms with van der Waals surface area (Å²) in [6, 6.07) is 185. The Labute approximate surface area is 773 Å². The summed E-state index contributed by atoms with van der Waals surface area (Å²) in [5.74, 6) is 0. The average molecular weight is 1710 g/mol. The molecule has 6 heteroatoms. The second-order valence-corrected chi connectivity index (χ2v) is 35.0. The van der Waals surface area contributed by atoms with Crippen molar-refractivity contribution in [2.75, 3.05) is 0 Å². The van der Waals surface area contributed by atoms with E-state index in [0.29, 0.717) is 0 Å². The number of hydrogen-bond donors (Lipinski definition) is 0. The molecule has 0 saturated carbocycles. The van der Waals surface area contributed by atoms with E-state index < -0.39 is 0 Å². The first-order valence-electron chi connectivity index (χ1n) is 46.1. The van der Waals surface area contributed by atoms with Crippen LogP contribution in [0.1, 0.15) is 0 Å². The van der Waals surface area contributed by atoms with Crippen LogP contribution in [-0.4, -0.2) is 27.4 Å². The number of aromatic nitrogens is 6. The van der Waals surface area contributed by atoms with Gasteiger partial charge in [0.2, 0.25) is 0 Å². The van der Waals surface area contributed by atoms with Crippen LogP contribution in [0.2, 0.25) is 0 Å². The van der Waals surface area contributed by atoms with Crippen molar-refractivity contribution in [3.05, 3.63) is 510 Å². The van der Waals surface area contributed by atoms with Crippen LogP contribution in [0.5, 0.6) is 0 Å². The minimum atomic E-state index is 1.15. The third-order valence-corrected chi connectivity index (χ3v) is 27.5. The van der Waals surface area contributed by atoms with Crippen molar-refractivity contribution < 1.29 is 0 Å². The van der Waals surface area contributed by atoms with Gasteiger partial charge in [0, 0.05) is 98.5 Å². The predicted molar refractivity (Wildman–Crippen MR) is 568 cm³/mol. The monoisotopic (exact) mass is 1700 g/mol. The highest BCUT2D eigenvalue weighted by atomic mass is 15.0. The molecule has 626 valence electrons. The Morgan fingerprint density at radius 1 is 0.0970 bits per heavy atom. The van der Waals surface area contributed by atoms with Crippen molar-refractivity contribution in [3.63, 3.8) is 0 Å². The van der Waals surface area contributed by atoms with Gasteiger partial charge in [-0.15, -0.1) is 0 Å². The van der Waals surface area contributed by atoms with Crippen LogP contribution in [0.4, 0.5) is 0 Å². The molecule has 0 atom stereocenters. The third-order valence-electron chi connectivity index (χ3n) is 27.5. The standard InChI is InChI=1S/C48H32N2.C44H28N2.C36H24N2/c1-4-14-33(15-5-1)37-28-38(34-16-6-2-7-17-34)30-40(29-37)50-46-23-13-11-21-42(46)44-32-36(25-27-48(44)50)35-24-26-47-43(31-35)41-20-10-12-22-45(41)49(47)39-18-8-3-9-19-39;1-2-12-31-26-34(23-20-29(31)10-1)45-41-17-7-5-15-36(41)38-27-32(21-24-43(38)45)33-22-25-44-39(28-33)37-16-6-8-18-42(37)46(44)40-19-9-13-30-11-3-4-14-35(30)40;1-3-11-27(12-4-1)37-34-18-10-8-16-30(34)32-23-25(20-22-35(32)37)26-19-21-31-29-15-7-9-17-33(29)38(36(31)24-26)28-13-5-2-6-14-28/h1-32H;1-28H;1-24H. The Bertz CT molecular complexity index is 9430. The van der Waals surface area contributed by atoms with E-state index in [9.17, 15) is 0 Å². The summed E-state index contributed by atoms with van der Waals surface area (Å²) in [4.78, 5) is 0. The fourth-order valence-electron chi connectivity index (χ4n) is 21.3. The van der Waals surface area contributed by atoms with Gasteiger partial charge in [0.05, 0.1) is 71.9 Å². The van der Waals surface area contributed by atoms with E-state index in [1.54, 1.807) is 0 Å². The smallest absolute Gasteiger partial charge is 0.0547 e. The molecule has 0 bridgehead atoms. The zero-order chi connectivity index (χ0) is 88.3. The summed E-state index contributed by atoms with van der Waals surface area (Å²) in [6.45, 7) is 0. The molecule has 28 aromatic rings. The number of fused-ring (bicyclic) bond motifs is 20. The van der Waals surface area contributed by atoms with E-state index in [-0.39, 0.29) is 0 Å². The first-order chi connectivity index (χ1) is 66.5. The van der Waals surface area contributed by atoms with Crippen LogP contribution in [0.25, 0.3) is 242 Å². The lowest BCUT2D eigenvalue weighted by atomic mass is 9.98. The Kier molecular flexibility index (Phi) is 18.5. The highest BCUT2D eigenvalue weighted by Gasteiger charge is 2.23. The van der Waals surface area contributed by atoms with Gasteiger partial charge in [-0.05, 0) is 248 Å². The Morgan fingerprint density at radius 2 is 0.366 bits per heavy atom. The van der Waals surface area contributed by atoms with E-state index in [1.165, 1.54) is 236 Å². The number of para-hydroxylation sites is 9. The lowest BCUT2D eigenvalue weighted by molar-refractivity contribution is 1.18. The minimum absolute atomic E-state index is 1.15. The molecule has 0 N–H and O–H groups in total. The van der Waals surface area contributed by atoms with Crippen molar-refractivity contribution in [2.45, 2.75) is 0 Å². The molecule has 0 aliphatic heterocycles. The van der Waals surface area contributed by atoms with Gasteiger partial charge in [0.25, 0.3) is 0 Å². The van der Waals surface area contributed by atoms with E-state index in [2.05, 4.69) is 537 Å². The molecule has 28 rings (SSSR count). The minimum Gasteiger partial charge on any atom is -0.309 e. The third kappa shape index (κ3) is 13.0. The molecule has 6 aromatic heterocycles. The van der Waals surface area contributed by atoms with Gasteiger partial charge in [0.1, 0.15) is 0 Å². The molecule has 6 nitrogen and oxygen atoms in total. The molecule has 0 spiro atoms. The van der Waals surface area contributed by atoms with Gasteiger partial charge >= 0.3 is 0 Å². The Balaban J connectivity index is 0.000000106. The van der Waals surface area contributed by atoms with Crippen molar-refractivity contribution in [1.29, 1.82) is 0 Å². The van der Waals surface area contributed by atoms with Crippen molar-refractivity contribution in [1.82, 2.24) is 27.4 Å². The average Bonchev–Trinajstić information content (AvgIpc) is 1.59. The van der Waals surface area contributed by atoms with Crippen molar-refractivity contribution >= 4 is 152 Å². The molecular formula is C128H84N6. The van der Waals surface area contributed by atoms with Crippen LogP contribution < -0.4 is 0 Å². The maximum atomic E-state index is 2.43. The highest BCUT2D eigenvalue weighted by Crippen LogP contribution is 2.46. The van der Waals surface area contributed by atoms with Crippen LogP contribution >= 0.6 is 0 Å². The molecule has 0 amide bonds. The second kappa shape index (κ2) is 32.1. The molecule has 22 aromatic carbocycles. The van der Waals surface area contributed by atoms with E-state index >= 15 is 0 Å². The maximum absolute atomic E-state index is 2.43. The van der Waals surface area contributed by atoms with Gasteiger partial charge < -0.3 is 27.4 Å². The van der Waals surface area contributed by atoms with Crippen LogP contribution in [0, 0.1) is 0 Å². The van der Waals surface area contributed by atoms with Crippen LogP contribution in [0.15, 0.2) is 510 Å². The summed E-state index contributed by atoms with van der Waals surface area (Å²) in [5, 5.41) is 20.2. The number of rotatable bonds is 11. The largest absolute Gasteiger partial charge is 0.309 e. The zero-order valence-electron chi connectivity index (χ0n) is 73.2. The molecule has 0 aliphatic carbocycles. The summed E-state index contributed by atoms with van der Waals surface area (Å²) in [5.41, 5.74) is 33.8. The van der Waals surface area contributed by atoms with E-state index in [1.807, 2.05) is 0 Å². The normalized spacial score (nSPS) is 11.7. The number of nitrogens with zero attached hydrogens (tertiary/aromatic N) is 6. The number of benzene rings is 22. The Hall–Kier alpha value is -17.8. The van der Waals surface area contributed by atoms with Crippen molar-refractivity contribution in [3.8, 4) is 89.8 Å². The van der Waals surface area contributed by atoms with E-state index in [0.717, 1.165) is 5.69 Å². The van der Waals surface area contributed by atoms with Crippen LogP contribution in [-0.2, 0) is 0 Å². The van der Waals surface area contributed by atoms with Gasteiger partial charge in [-0.2, -0.15) is 0 Å². The Morgan fingerprint density at radius 3 is 0.769 bits per heavy atom. The molecule has 0 radical (unpaired) electrons. The number of hydrogen-bond acceptors (Lipinski definition) is 0. The predicted octanol–water partition coefficient (Wildman–Crippen LogP) is 34.3. The van der Waals surface area contributed by atoms with Gasteiger partial charge in [-0.1, -0.05) is 334 Å². The van der Waals surface area contributed by atoms with Gasteiger partial charge in [0.15, 0.2) is 0 Å². The summed E-state index contributed by atoms with van der Waals surface area (Å²) in [6.07, 6.45) is 0. The van der Waals surface area contributed by atoms with Gasteiger partial charge in [-0.25, -0.2) is 0 Å². The highest BCUT2D eigenvalue weighted by molar-refractivity contribution is 6.18. The van der Waals surface area contributed by atoms with Crippen LogP contribution in [0.3, 0.4) is 0 Å². The molecule has 0 unspecified atom stereocenters. The first-order valence-corrected chi connectivity index (χ1v) is 46.1. The lowest BCUT2D eigenvalue weighted by Crippen LogP contribution is -1.96. The molecule has 0 aliphatic rings. The summed E-state index contributed by atoms with van der Waals surface area (Å²) >= 11 is 0. The molecule has 6 heterocycles. The second-order valence-electron chi connectivity index (χ2n) is 35.0. The fourth-order valence-corrected chi connectivity index (χ4v) is 21.3. The lowest BCUT2D eigenvalue weighted by Gasteiger charge is -2.14. The molecular weight excluding hydrogens is 1620 g/mol. The fraction of sp³-hybridized carbons (Fsp3) is 0. The molecule has 134 heavy (non-hydrogen) atoms.